The normalized spacial score (nSPS) is 13.2. The van der Waals surface area contributed by atoms with Gasteiger partial charge in [-0.25, -0.2) is 0 Å². The molecule has 0 heterocycles. The van der Waals surface area contributed by atoms with Crippen molar-refractivity contribution in [2.24, 2.45) is 0 Å². The van der Waals surface area contributed by atoms with Crippen LogP contribution in [-0.4, -0.2) is 30.9 Å². The molecular formula is C11H9F6NO2. The summed E-state index contributed by atoms with van der Waals surface area (Å²) < 4.78 is 75.4. The van der Waals surface area contributed by atoms with Crippen LogP contribution in [0.3, 0.4) is 0 Å². The number of benzene rings is 1. The zero-order chi connectivity index (χ0) is 15.8. The van der Waals surface area contributed by atoms with Crippen LogP contribution in [0.15, 0.2) is 24.3 Å². The fraction of sp³-hybridized carbons (Fsp3) is 0.364. The van der Waals surface area contributed by atoms with Crippen LogP contribution >= 0.6 is 0 Å². The van der Waals surface area contributed by atoms with E-state index in [0.717, 1.165) is 17.0 Å². The lowest BCUT2D eigenvalue weighted by molar-refractivity contribution is -0.376. The second-order valence-electron chi connectivity index (χ2n) is 3.97. The summed E-state index contributed by atoms with van der Waals surface area (Å²) in [5, 5.41) is 9.11. The molecule has 1 rings (SSSR count). The van der Waals surface area contributed by atoms with Gasteiger partial charge in [0.05, 0.1) is 0 Å². The lowest BCUT2D eigenvalue weighted by Crippen LogP contribution is -2.53. The highest BCUT2D eigenvalue weighted by Crippen LogP contribution is 2.50. The summed E-state index contributed by atoms with van der Waals surface area (Å²) in [7, 11) is 1.27. The van der Waals surface area contributed by atoms with E-state index in [1.807, 2.05) is 0 Å². The van der Waals surface area contributed by atoms with Gasteiger partial charge in [0.2, 0.25) is 6.41 Å². The van der Waals surface area contributed by atoms with Crippen molar-refractivity contribution in [1.29, 1.82) is 0 Å². The number of aliphatic hydroxyl groups is 1. The number of carbonyl (C=O) groups excluding carboxylic acids is 1. The Morgan fingerprint density at radius 2 is 1.40 bits per heavy atom. The Morgan fingerprint density at radius 3 is 1.70 bits per heavy atom. The van der Waals surface area contributed by atoms with E-state index in [1.165, 1.54) is 7.05 Å². The Kier molecular flexibility index (Phi) is 4.04. The van der Waals surface area contributed by atoms with E-state index < -0.39 is 23.5 Å². The maximum atomic E-state index is 12.6. The predicted molar refractivity (Wildman–Crippen MR) is 56.9 cm³/mol. The molecule has 112 valence electrons. The van der Waals surface area contributed by atoms with E-state index in [4.69, 9.17) is 5.11 Å². The fourth-order valence-electron chi connectivity index (χ4n) is 1.49. The summed E-state index contributed by atoms with van der Waals surface area (Å²) in [6, 6.07) is 2.67. The third-order valence-corrected chi connectivity index (χ3v) is 2.67. The molecular weight excluding hydrogens is 292 g/mol. The van der Waals surface area contributed by atoms with E-state index in [0.29, 0.717) is 18.5 Å². The smallest absolute Gasteiger partial charge is 0.369 e. The van der Waals surface area contributed by atoms with E-state index >= 15 is 0 Å². The Hall–Kier alpha value is -1.77. The van der Waals surface area contributed by atoms with E-state index in [1.54, 1.807) is 0 Å². The summed E-state index contributed by atoms with van der Waals surface area (Å²) in [5.74, 6) is 0. The molecule has 0 fully saturated rings. The van der Waals surface area contributed by atoms with Gasteiger partial charge in [-0.1, -0.05) is 12.1 Å². The van der Waals surface area contributed by atoms with Crippen LogP contribution in [0.5, 0.6) is 0 Å². The van der Waals surface area contributed by atoms with E-state index in [2.05, 4.69) is 0 Å². The topological polar surface area (TPSA) is 40.5 Å². The first-order valence-electron chi connectivity index (χ1n) is 5.09. The molecule has 0 saturated carbocycles. The molecule has 9 heteroatoms. The van der Waals surface area contributed by atoms with Crippen LogP contribution in [0, 0.1) is 0 Å². The van der Waals surface area contributed by atoms with Crippen LogP contribution in [0.25, 0.3) is 0 Å². The summed E-state index contributed by atoms with van der Waals surface area (Å²) >= 11 is 0. The molecule has 0 saturated heterocycles. The van der Waals surface area contributed by atoms with Crippen molar-refractivity contribution in [3.05, 3.63) is 29.8 Å². The largest absolute Gasteiger partial charge is 0.430 e. The van der Waals surface area contributed by atoms with Crippen molar-refractivity contribution < 1.29 is 36.2 Å². The van der Waals surface area contributed by atoms with Crippen LogP contribution in [0.4, 0.5) is 32.0 Å². The standard InChI is InChI=1S/C11H9F6NO2/c1-18(6-19)8-4-2-7(3-5-8)9(20,10(12,13)14)11(15,16)17/h2-6,20H,1H3. The monoisotopic (exact) mass is 301 g/mol. The predicted octanol–water partition coefficient (Wildman–Crippen LogP) is 2.59. The molecule has 0 aliphatic heterocycles. The van der Waals surface area contributed by atoms with Crippen LogP contribution in [-0.2, 0) is 10.4 Å². The molecule has 0 bridgehead atoms. The third-order valence-electron chi connectivity index (χ3n) is 2.67. The fourth-order valence-corrected chi connectivity index (χ4v) is 1.49. The lowest BCUT2D eigenvalue weighted by Gasteiger charge is -2.32. The molecule has 0 aromatic heterocycles. The molecule has 3 nitrogen and oxygen atoms in total. The average Bonchev–Trinajstić information content (AvgIpc) is 2.34. The van der Waals surface area contributed by atoms with Gasteiger partial charge in [0.15, 0.2) is 0 Å². The van der Waals surface area contributed by atoms with Crippen molar-refractivity contribution in [3.8, 4) is 0 Å². The molecule has 0 radical (unpaired) electrons. The SMILES string of the molecule is CN(C=O)c1ccc(C(O)(C(F)(F)F)C(F)(F)F)cc1. The first-order valence-corrected chi connectivity index (χ1v) is 5.09. The van der Waals surface area contributed by atoms with E-state index in [9.17, 15) is 31.1 Å². The number of alkyl halides is 6. The molecule has 1 amide bonds. The van der Waals surface area contributed by atoms with Gasteiger partial charge >= 0.3 is 12.4 Å². The molecule has 1 N–H and O–H groups in total. The summed E-state index contributed by atoms with van der Waals surface area (Å²) in [6.07, 6.45) is -11.5. The van der Waals surface area contributed by atoms with Crippen LogP contribution in [0.1, 0.15) is 5.56 Å². The first kappa shape index (κ1) is 16.3. The van der Waals surface area contributed by atoms with Crippen molar-refractivity contribution in [2.75, 3.05) is 11.9 Å². The molecule has 0 aliphatic carbocycles. The molecule has 0 aliphatic rings. The Labute approximate surface area is 109 Å². The summed E-state index contributed by atoms with van der Waals surface area (Å²) in [6.45, 7) is 0. The maximum Gasteiger partial charge on any atom is 0.430 e. The molecule has 0 atom stereocenters. The number of halogens is 6. The van der Waals surface area contributed by atoms with Gasteiger partial charge in [-0.15, -0.1) is 0 Å². The third kappa shape index (κ3) is 2.58. The zero-order valence-electron chi connectivity index (χ0n) is 9.96. The van der Waals surface area contributed by atoms with E-state index in [-0.39, 0.29) is 5.69 Å². The minimum absolute atomic E-state index is 0.0791. The zero-order valence-corrected chi connectivity index (χ0v) is 9.96. The molecule has 1 aromatic carbocycles. The lowest BCUT2D eigenvalue weighted by atomic mass is 9.92. The number of hydrogen-bond donors (Lipinski definition) is 1. The number of rotatable bonds is 3. The second-order valence-corrected chi connectivity index (χ2v) is 3.97. The van der Waals surface area contributed by atoms with Gasteiger partial charge in [0, 0.05) is 18.3 Å². The Morgan fingerprint density at radius 1 is 1.00 bits per heavy atom. The minimum atomic E-state index is -5.93. The van der Waals surface area contributed by atoms with Crippen LogP contribution < -0.4 is 4.90 Å². The average molecular weight is 301 g/mol. The number of carbonyl (C=O) groups is 1. The van der Waals surface area contributed by atoms with Crippen LogP contribution in [0.2, 0.25) is 0 Å². The highest BCUT2D eigenvalue weighted by molar-refractivity contribution is 5.74. The number of nitrogens with zero attached hydrogens (tertiary/aromatic N) is 1. The van der Waals surface area contributed by atoms with Gasteiger partial charge in [0.1, 0.15) is 0 Å². The van der Waals surface area contributed by atoms with Gasteiger partial charge in [-0.05, 0) is 12.1 Å². The number of amides is 1. The highest BCUT2D eigenvalue weighted by atomic mass is 19.4. The van der Waals surface area contributed by atoms with Crippen molar-refractivity contribution >= 4 is 12.1 Å². The Balaban J connectivity index is 3.35. The number of hydrogen-bond acceptors (Lipinski definition) is 2. The van der Waals surface area contributed by atoms with Gasteiger partial charge in [-0.2, -0.15) is 26.3 Å². The maximum absolute atomic E-state index is 12.6. The Bertz CT molecular complexity index is 465. The minimum Gasteiger partial charge on any atom is -0.369 e. The van der Waals surface area contributed by atoms with Crippen molar-refractivity contribution in [3.63, 3.8) is 0 Å². The van der Waals surface area contributed by atoms with Crippen molar-refractivity contribution in [1.82, 2.24) is 0 Å². The highest BCUT2D eigenvalue weighted by Gasteiger charge is 2.71. The molecule has 1 aromatic rings. The van der Waals surface area contributed by atoms with Crippen molar-refractivity contribution in [2.45, 2.75) is 18.0 Å². The number of anilines is 1. The first-order chi connectivity index (χ1) is 8.95. The quantitative estimate of drug-likeness (QED) is 0.688. The van der Waals surface area contributed by atoms with Gasteiger partial charge in [-0.3, -0.25) is 4.79 Å². The second kappa shape index (κ2) is 4.97. The molecule has 20 heavy (non-hydrogen) atoms. The van der Waals surface area contributed by atoms with Gasteiger partial charge < -0.3 is 10.0 Å². The van der Waals surface area contributed by atoms with Gasteiger partial charge in [0.25, 0.3) is 5.60 Å². The summed E-state index contributed by atoms with van der Waals surface area (Å²) in [5.41, 5.74) is -6.26. The molecule has 0 spiro atoms. The molecule has 0 unspecified atom stereocenters. The summed E-state index contributed by atoms with van der Waals surface area (Å²) in [4.78, 5) is 11.4.